The number of benzene rings is 6. The van der Waals surface area contributed by atoms with Crippen LogP contribution in [-0.4, -0.2) is 9.13 Å². The smallest absolute Gasteiger partial charge is 0.199 e. The lowest BCUT2D eigenvalue weighted by atomic mass is 10.0. The van der Waals surface area contributed by atoms with Crippen LogP contribution in [0, 0.1) is 20.8 Å². The van der Waals surface area contributed by atoms with Crippen molar-refractivity contribution in [3.8, 4) is 45.0 Å². The van der Waals surface area contributed by atoms with E-state index in [0.717, 1.165) is 28.7 Å². The molecular weight excluding hydrogens is 573 g/mol. The Morgan fingerprint density at radius 3 is 1.72 bits per heavy atom. The first-order chi connectivity index (χ1) is 23.1. The molecule has 8 rings (SSSR count). The van der Waals surface area contributed by atoms with Crippen LogP contribution in [0.2, 0.25) is 0 Å². The van der Waals surface area contributed by atoms with Crippen molar-refractivity contribution in [2.24, 2.45) is 0 Å². The quantitative estimate of drug-likeness (QED) is 0.168. The zero-order chi connectivity index (χ0) is 31.9. The van der Waals surface area contributed by atoms with E-state index in [1.165, 1.54) is 44.5 Å². The van der Waals surface area contributed by atoms with E-state index >= 15 is 0 Å². The van der Waals surface area contributed by atoms with Crippen LogP contribution in [0.4, 0.5) is 0 Å². The molecule has 47 heavy (non-hydrogen) atoms. The Hall–Kier alpha value is -6.00. The SMILES string of the molecule is Cc1c(-n2cc[n+](-c3ccccc3-c3ccccc3)c2C)cccc1-n1c(C)[n+](-c2ccccc2-c2ccccc2)c2ccccc21. The third-order valence-electron chi connectivity index (χ3n) is 9.33. The van der Waals surface area contributed by atoms with Crippen molar-refractivity contribution in [2.45, 2.75) is 20.8 Å². The molecule has 0 aliphatic rings. The standard InChI is InChI=1S/C43H36N4/c1-31-38(44-29-30-45(32(44)2)40-23-12-10-21-36(40)34-17-6-4-7-18-34)27-16-28-39(31)46-33(3)47(43-26-15-14-25-42(43)46)41-24-13-11-22-37(41)35-19-8-5-9-20-35/h4-30H,1-3H3/q+2. The van der Waals surface area contributed by atoms with Crippen LogP contribution in [0.15, 0.2) is 164 Å². The van der Waals surface area contributed by atoms with Crippen molar-refractivity contribution in [1.29, 1.82) is 0 Å². The molecule has 0 N–H and O–H groups in total. The maximum absolute atomic E-state index is 2.41. The molecule has 0 saturated heterocycles. The Balaban J connectivity index is 1.28. The van der Waals surface area contributed by atoms with Crippen molar-refractivity contribution in [2.75, 3.05) is 0 Å². The zero-order valence-corrected chi connectivity index (χ0v) is 26.9. The highest BCUT2D eigenvalue weighted by Gasteiger charge is 2.29. The molecule has 0 amide bonds. The predicted molar refractivity (Wildman–Crippen MR) is 191 cm³/mol. The van der Waals surface area contributed by atoms with Gasteiger partial charge in [-0.3, -0.25) is 0 Å². The fraction of sp³-hybridized carbons (Fsp3) is 0.0698. The van der Waals surface area contributed by atoms with Crippen LogP contribution in [0.25, 0.3) is 56.0 Å². The molecule has 0 spiro atoms. The van der Waals surface area contributed by atoms with Crippen molar-refractivity contribution < 1.29 is 9.13 Å². The van der Waals surface area contributed by atoms with Gasteiger partial charge in [-0.25, -0.2) is 0 Å². The average Bonchev–Trinajstić information content (AvgIpc) is 3.65. The highest BCUT2D eigenvalue weighted by molar-refractivity contribution is 5.78. The van der Waals surface area contributed by atoms with Gasteiger partial charge in [0.1, 0.15) is 35.1 Å². The molecule has 0 atom stereocenters. The summed E-state index contributed by atoms with van der Waals surface area (Å²) in [7, 11) is 0. The minimum Gasteiger partial charge on any atom is -0.199 e. The molecule has 0 saturated carbocycles. The van der Waals surface area contributed by atoms with Crippen LogP contribution in [0.3, 0.4) is 0 Å². The summed E-state index contributed by atoms with van der Waals surface area (Å²) in [5, 5.41) is 0. The molecule has 226 valence electrons. The topological polar surface area (TPSA) is 17.6 Å². The molecule has 0 aliphatic heterocycles. The van der Waals surface area contributed by atoms with E-state index in [1.807, 2.05) is 0 Å². The van der Waals surface area contributed by atoms with Gasteiger partial charge < -0.3 is 0 Å². The monoisotopic (exact) mass is 608 g/mol. The first-order valence-electron chi connectivity index (χ1n) is 16.1. The Labute approximate surface area is 275 Å². The molecule has 0 bridgehead atoms. The van der Waals surface area contributed by atoms with E-state index in [4.69, 9.17) is 0 Å². The summed E-state index contributed by atoms with van der Waals surface area (Å²) in [6.07, 6.45) is 4.36. The van der Waals surface area contributed by atoms with Gasteiger partial charge in [0.25, 0.3) is 11.6 Å². The lowest BCUT2D eigenvalue weighted by molar-refractivity contribution is -0.601. The van der Waals surface area contributed by atoms with Crippen molar-refractivity contribution in [1.82, 2.24) is 9.13 Å². The van der Waals surface area contributed by atoms with Gasteiger partial charge in [0.05, 0.1) is 0 Å². The van der Waals surface area contributed by atoms with E-state index < -0.39 is 0 Å². The van der Waals surface area contributed by atoms with E-state index in [2.05, 4.69) is 203 Å². The largest absolute Gasteiger partial charge is 0.264 e. The number of hydrogen-bond donors (Lipinski definition) is 0. The van der Waals surface area contributed by atoms with Crippen molar-refractivity contribution in [3.63, 3.8) is 0 Å². The van der Waals surface area contributed by atoms with E-state index in [-0.39, 0.29) is 0 Å². The van der Waals surface area contributed by atoms with Crippen LogP contribution in [0.5, 0.6) is 0 Å². The Morgan fingerprint density at radius 1 is 0.468 bits per heavy atom. The molecule has 6 aromatic carbocycles. The third kappa shape index (κ3) is 4.77. The summed E-state index contributed by atoms with van der Waals surface area (Å²) >= 11 is 0. The lowest BCUT2D eigenvalue weighted by Gasteiger charge is -2.10. The van der Waals surface area contributed by atoms with Crippen molar-refractivity contribution in [3.05, 3.63) is 181 Å². The average molecular weight is 609 g/mol. The van der Waals surface area contributed by atoms with Gasteiger partial charge in [-0.15, -0.1) is 0 Å². The van der Waals surface area contributed by atoms with E-state index in [1.54, 1.807) is 0 Å². The van der Waals surface area contributed by atoms with E-state index in [9.17, 15) is 0 Å². The summed E-state index contributed by atoms with van der Waals surface area (Å²) in [4.78, 5) is 0. The molecule has 0 unspecified atom stereocenters. The number of nitrogens with zero attached hydrogens (tertiary/aromatic N) is 4. The second-order valence-electron chi connectivity index (χ2n) is 12.0. The van der Waals surface area contributed by atoms with Gasteiger partial charge in [0, 0.05) is 30.5 Å². The minimum atomic E-state index is 1.13. The molecule has 0 aliphatic carbocycles. The zero-order valence-electron chi connectivity index (χ0n) is 26.9. The molecule has 0 radical (unpaired) electrons. The van der Waals surface area contributed by atoms with Crippen molar-refractivity contribution >= 4 is 11.0 Å². The predicted octanol–water partition coefficient (Wildman–Crippen LogP) is 9.23. The van der Waals surface area contributed by atoms with Crippen LogP contribution in [-0.2, 0) is 0 Å². The molecule has 2 heterocycles. The molecule has 8 aromatic rings. The highest BCUT2D eigenvalue weighted by atomic mass is 15.2. The second kappa shape index (κ2) is 11.7. The number of fused-ring (bicyclic) bond motifs is 1. The summed E-state index contributed by atoms with van der Waals surface area (Å²) in [6.45, 7) is 6.66. The van der Waals surface area contributed by atoms with Gasteiger partial charge in [0.15, 0.2) is 11.0 Å². The number of rotatable bonds is 6. The summed E-state index contributed by atoms with van der Waals surface area (Å²) in [5.74, 6) is 2.28. The minimum absolute atomic E-state index is 1.13. The van der Waals surface area contributed by atoms with Gasteiger partial charge in [-0.2, -0.15) is 18.3 Å². The summed E-state index contributed by atoms with van der Waals surface area (Å²) in [5.41, 5.74) is 13.0. The summed E-state index contributed by atoms with van der Waals surface area (Å²) in [6, 6.07) is 53.9. The van der Waals surface area contributed by atoms with Crippen LogP contribution < -0.4 is 9.13 Å². The fourth-order valence-corrected chi connectivity index (χ4v) is 7.06. The van der Waals surface area contributed by atoms with Gasteiger partial charge in [0.2, 0.25) is 0 Å². The molecular formula is C43H36N4+2. The highest BCUT2D eigenvalue weighted by Crippen LogP contribution is 2.31. The number of hydrogen-bond acceptors (Lipinski definition) is 0. The molecule has 4 heteroatoms. The van der Waals surface area contributed by atoms with Crippen LogP contribution >= 0.6 is 0 Å². The third-order valence-corrected chi connectivity index (χ3v) is 9.33. The number of imidazole rings is 2. The Bertz CT molecular complexity index is 2380. The molecule has 0 fully saturated rings. The first kappa shape index (κ1) is 28.5. The number of para-hydroxylation sites is 4. The Kier molecular flexibility index (Phi) is 7.11. The maximum atomic E-state index is 2.41. The van der Waals surface area contributed by atoms with Gasteiger partial charge in [-0.05, 0) is 54.4 Å². The lowest BCUT2D eigenvalue weighted by Crippen LogP contribution is -2.34. The first-order valence-corrected chi connectivity index (χ1v) is 16.1. The van der Waals surface area contributed by atoms with Crippen LogP contribution in [0.1, 0.15) is 17.2 Å². The van der Waals surface area contributed by atoms with E-state index in [0.29, 0.717) is 0 Å². The normalized spacial score (nSPS) is 11.3. The Morgan fingerprint density at radius 2 is 1.02 bits per heavy atom. The molecule has 2 aromatic heterocycles. The number of aromatic nitrogens is 4. The molecule has 4 nitrogen and oxygen atoms in total. The van der Waals surface area contributed by atoms with Gasteiger partial charge >= 0.3 is 0 Å². The fourth-order valence-electron chi connectivity index (χ4n) is 7.06. The maximum Gasteiger partial charge on any atom is 0.264 e. The second-order valence-corrected chi connectivity index (χ2v) is 12.0. The summed E-state index contributed by atoms with van der Waals surface area (Å²) < 4.78 is 9.41. The van der Waals surface area contributed by atoms with Gasteiger partial charge in [-0.1, -0.05) is 115 Å².